The molecule has 0 saturated heterocycles. The molecule has 2 unspecified atom stereocenters. The number of nitrogens with two attached hydrogens (primary N) is 1. The van der Waals surface area contributed by atoms with Gasteiger partial charge in [0.15, 0.2) is 0 Å². The lowest BCUT2D eigenvalue weighted by Crippen LogP contribution is -2.26. The molecule has 0 aliphatic heterocycles. The van der Waals surface area contributed by atoms with E-state index in [0.29, 0.717) is 23.4 Å². The van der Waals surface area contributed by atoms with Crippen molar-refractivity contribution in [3.8, 4) is 0 Å². The summed E-state index contributed by atoms with van der Waals surface area (Å²) < 4.78 is 6.01. The van der Waals surface area contributed by atoms with Crippen LogP contribution >= 0.6 is 11.6 Å². The van der Waals surface area contributed by atoms with Crippen molar-refractivity contribution in [1.29, 1.82) is 0 Å². The molecule has 18 heavy (non-hydrogen) atoms. The van der Waals surface area contributed by atoms with Crippen LogP contribution in [0.4, 0.5) is 5.69 Å². The Hall–Kier alpha value is -0.730. The summed E-state index contributed by atoms with van der Waals surface area (Å²) in [6.07, 6.45) is 4.06. The fraction of sp³-hybridized carbons (Fsp3) is 0.600. The van der Waals surface area contributed by atoms with Crippen molar-refractivity contribution in [1.82, 2.24) is 0 Å². The van der Waals surface area contributed by atoms with Gasteiger partial charge >= 0.3 is 0 Å². The zero-order chi connectivity index (χ0) is 13.1. The lowest BCUT2D eigenvalue weighted by molar-refractivity contribution is -0.00913. The molecule has 1 aromatic rings. The van der Waals surface area contributed by atoms with Crippen molar-refractivity contribution in [3.63, 3.8) is 0 Å². The summed E-state index contributed by atoms with van der Waals surface area (Å²) in [6, 6.07) is 5.72. The first-order valence-corrected chi connectivity index (χ1v) is 7.08. The average Bonchev–Trinajstić information content (AvgIpc) is 2.29. The zero-order valence-electron chi connectivity index (χ0n) is 11.2. The number of hydrogen-bond donors (Lipinski definition) is 1. The molecule has 1 aliphatic rings. The van der Waals surface area contributed by atoms with Crippen molar-refractivity contribution in [3.05, 3.63) is 28.8 Å². The second-order valence-electron chi connectivity index (χ2n) is 5.71. The van der Waals surface area contributed by atoms with Crippen molar-refractivity contribution in [2.24, 2.45) is 11.8 Å². The van der Waals surface area contributed by atoms with E-state index in [0.717, 1.165) is 17.4 Å². The highest BCUT2D eigenvalue weighted by atomic mass is 35.5. The number of rotatable bonds is 3. The van der Waals surface area contributed by atoms with Gasteiger partial charge in [0.2, 0.25) is 0 Å². The second-order valence-corrected chi connectivity index (χ2v) is 6.11. The molecule has 1 aliphatic carbocycles. The summed E-state index contributed by atoms with van der Waals surface area (Å²) in [5.74, 6) is 1.54. The summed E-state index contributed by atoms with van der Waals surface area (Å²) in [4.78, 5) is 0. The molecular weight excluding hydrogens is 246 g/mol. The van der Waals surface area contributed by atoms with Gasteiger partial charge in [-0.1, -0.05) is 31.5 Å². The molecule has 0 bridgehead atoms. The maximum atomic E-state index is 6.01. The molecule has 0 heterocycles. The standard InChI is InChI=1S/C15H22ClNO/c1-10-5-11(2)7-13(6-10)18-9-12-3-4-14(16)15(17)8-12/h3-4,8,10-11,13H,5-7,9,17H2,1-2H3. The Bertz CT molecular complexity index is 397. The van der Waals surface area contributed by atoms with Crippen LogP contribution in [0.5, 0.6) is 0 Å². The molecule has 100 valence electrons. The Balaban J connectivity index is 1.89. The highest BCUT2D eigenvalue weighted by molar-refractivity contribution is 6.33. The van der Waals surface area contributed by atoms with E-state index >= 15 is 0 Å². The molecule has 1 saturated carbocycles. The normalized spacial score (nSPS) is 28.3. The van der Waals surface area contributed by atoms with Gasteiger partial charge in [-0.25, -0.2) is 0 Å². The maximum Gasteiger partial charge on any atom is 0.0721 e. The van der Waals surface area contributed by atoms with Crippen molar-refractivity contribution in [2.45, 2.75) is 45.8 Å². The van der Waals surface area contributed by atoms with Gasteiger partial charge in [-0.2, -0.15) is 0 Å². The van der Waals surface area contributed by atoms with Gasteiger partial charge in [0, 0.05) is 0 Å². The van der Waals surface area contributed by atoms with E-state index in [-0.39, 0.29) is 0 Å². The van der Waals surface area contributed by atoms with Crippen LogP contribution in [0.3, 0.4) is 0 Å². The van der Waals surface area contributed by atoms with Crippen LogP contribution in [-0.2, 0) is 11.3 Å². The van der Waals surface area contributed by atoms with E-state index in [1.807, 2.05) is 18.2 Å². The number of halogens is 1. The minimum atomic E-state index is 0.389. The van der Waals surface area contributed by atoms with Gasteiger partial charge in [-0.3, -0.25) is 0 Å². The molecule has 0 aromatic heterocycles. The number of nitrogen functional groups attached to an aromatic ring is 1. The smallest absolute Gasteiger partial charge is 0.0721 e. The highest BCUT2D eigenvalue weighted by Gasteiger charge is 2.24. The first kappa shape index (κ1) is 13.7. The predicted octanol–water partition coefficient (Wildman–Crippen LogP) is 4.26. The summed E-state index contributed by atoms with van der Waals surface area (Å²) in [5.41, 5.74) is 7.51. The fourth-order valence-electron chi connectivity index (χ4n) is 2.91. The minimum Gasteiger partial charge on any atom is -0.398 e. The molecule has 3 heteroatoms. The van der Waals surface area contributed by atoms with Gasteiger partial charge in [0.05, 0.1) is 23.4 Å². The average molecular weight is 268 g/mol. The van der Waals surface area contributed by atoms with Gasteiger partial charge in [-0.05, 0) is 48.8 Å². The lowest BCUT2D eigenvalue weighted by Gasteiger charge is -2.31. The predicted molar refractivity (Wildman–Crippen MR) is 76.6 cm³/mol. The van der Waals surface area contributed by atoms with E-state index in [4.69, 9.17) is 22.1 Å². The molecule has 0 radical (unpaired) electrons. The number of anilines is 1. The molecule has 2 N–H and O–H groups in total. The fourth-order valence-corrected chi connectivity index (χ4v) is 3.02. The maximum absolute atomic E-state index is 6.01. The Morgan fingerprint density at radius 3 is 2.50 bits per heavy atom. The quantitative estimate of drug-likeness (QED) is 0.831. The van der Waals surface area contributed by atoms with Gasteiger partial charge in [0.1, 0.15) is 0 Å². The van der Waals surface area contributed by atoms with Crippen LogP contribution in [0.2, 0.25) is 5.02 Å². The third-order valence-corrected chi connectivity index (χ3v) is 4.03. The van der Waals surface area contributed by atoms with E-state index in [9.17, 15) is 0 Å². The third kappa shape index (κ3) is 3.63. The van der Waals surface area contributed by atoms with E-state index in [1.165, 1.54) is 19.3 Å². The van der Waals surface area contributed by atoms with Crippen LogP contribution in [-0.4, -0.2) is 6.10 Å². The summed E-state index contributed by atoms with van der Waals surface area (Å²) in [6.45, 7) is 5.25. The number of ether oxygens (including phenoxy) is 1. The number of hydrogen-bond acceptors (Lipinski definition) is 2. The SMILES string of the molecule is CC1CC(C)CC(OCc2ccc(Cl)c(N)c2)C1. The van der Waals surface area contributed by atoms with Crippen LogP contribution in [0.1, 0.15) is 38.7 Å². The van der Waals surface area contributed by atoms with Crippen LogP contribution in [0.15, 0.2) is 18.2 Å². The molecule has 1 fully saturated rings. The van der Waals surface area contributed by atoms with Crippen LogP contribution in [0.25, 0.3) is 0 Å². The van der Waals surface area contributed by atoms with Crippen molar-refractivity contribution >= 4 is 17.3 Å². The Kier molecular flexibility index (Phi) is 4.52. The van der Waals surface area contributed by atoms with Crippen LogP contribution < -0.4 is 5.73 Å². The molecular formula is C15H22ClNO. The summed E-state index contributed by atoms with van der Waals surface area (Å²) >= 11 is 5.90. The summed E-state index contributed by atoms with van der Waals surface area (Å²) in [7, 11) is 0. The van der Waals surface area contributed by atoms with Crippen molar-refractivity contribution in [2.75, 3.05) is 5.73 Å². The Morgan fingerprint density at radius 2 is 1.89 bits per heavy atom. The van der Waals surface area contributed by atoms with Gasteiger partial charge in [-0.15, -0.1) is 0 Å². The minimum absolute atomic E-state index is 0.389. The first-order chi connectivity index (χ1) is 8.54. The second kappa shape index (κ2) is 5.94. The zero-order valence-corrected chi connectivity index (χ0v) is 11.9. The topological polar surface area (TPSA) is 35.2 Å². The Morgan fingerprint density at radius 1 is 1.22 bits per heavy atom. The van der Waals surface area contributed by atoms with Crippen molar-refractivity contribution < 1.29 is 4.74 Å². The molecule has 1 aromatic carbocycles. The van der Waals surface area contributed by atoms with Gasteiger partial charge < -0.3 is 10.5 Å². The van der Waals surface area contributed by atoms with Gasteiger partial charge in [0.25, 0.3) is 0 Å². The number of benzene rings is 1. The van der Waals surface area contributed by atoms with E-state index in [2.05, 4.69) is 13.8 Å². The molecule has 2 nitrogen and oxygen atoms in total. The highest BCUT2D eigenvalue weighted by Crippen LogP contribution is 2.31. The molecule has 2 atom stereocenters. The molecule has 2 rings (SSSR count). The lowest BCUT2D eigenvalue weighted by atomic mass is 9.82. The molecule has 0 spiro atoms. The molecule has 0 amide bonds. The monoisotopic (exact) mass is 267 g/mol. The summed E-state index contributed by atoms with van der Waals surface area (Å²) in [5, 5.41) is 0.610. The third-order valence-electron chi connectivity index (χ3n) is 3.68. The van der Waals surface area contributed by atoms with E-state index < -0.39 is 0 Å². The van der Waals surface area contributed by atoms with Crippen LogP contribution in [0, 0.1) is 11.8 Å². The first-order valence-electron chi connectivity index (χ1n) is 6.70. The largest absolute Gasteiger partial charge is 0.398 e. The van der Waals surface area contributed by atoms with E-state index in [1.54, 1.807) is 0 Å². The Labute approximate surface area is 114 Å².